The molecule has 1 aromatic carbocycles. The second-order valence-electron chi connectivity index (χ2n) is 5.24. The van der Waals surface area contributed by atoms with Gasteiger partial charge in [-0.15, -0.1) is 0 Å². The van der Waals surface area contributed by atoms with Gasteiger partial charge in [0.15, 0.2) is 5.78 Å². The summed E-state index contributed by atoms with van der Waals surface area (Å²) in [6.07, 6.45) is 3.65. The van der Waals surface area contributed by atoms with Gasteiger partial charge in [-0.2, -0.15) is 0 Å². The summed E-state index contributed by atoms with van der Waals surface area (Å²) in [6, 6.07) is 5.72. The summed E-state index contributed by atoms with van der Waals surface area (Å²) in [5.74, 6) is 0.148. The van der Waals surface area contributed by atoms with Gasteiger partial charge in [0.1, 0.15) is 11.4 Å². The van der Waals surface area contributed by atoms with Gasteiger partial charge in [-0.3, -0.25) is 4.79 Å². The molecule has 2 unspecified atom stereocenters. The molecule has 1 aliphatic carbocycles. The number of rotatable bonds is 3. The van der Waals surface area contributed by atoms with E-state index in [0.29, 0.717) is 11.5 Å². The first-order valence-electron chi connectivity index (χ1n) is 6.43. The van der Waals surface area contributed by atoms with Gasteiger partial charge in [0.2, 0.25) is 0 Å². The number of methoxy groups -OCH3 is 1. The summed E-state index contributed by atoms with van der Waals surface area (Å²) < 4.78 is 18.4. The highest BCUT2D eigenvalue weighted by molar-refractivity contribution is 6.02. The van der Waals surface area contributed by atoms with Gasteiger partial charge >= 0.3 is 0 Å². The molecule has 0 bridgehead atoms. The summed E-state index contributed by atoms with van der Waals surface area (Å²) in [4.78, 5) is 12.6. The lowest BCUT2D eigenvalue weighted by atomic mass is 9.75. The zero-order chi connectivity index (χ0) is 13.2. The van der Waals surface area contributed by atoms with E-state index >= 15 is 0 Å². The fraction of sp³-hybridized carbons (Fsp3) is 0.533. The Balaban J connectivity index is 2.26. The molecule has 0 saturated heterocycles. The Hall–Kier alpha value is -1.22. The summed E-state index contributed by atoms with van der Waals surface area (Å²) in [5, 5.41) is 0. The topological polar surface area (TPSA) is 26.3 Å². The number of Topliss-reactive ketones (excluding diaryl/α,β-unsaturated/α-hetero) is 1. The maximum absolute atomic E-state index is 12.9. The van der Waals surface area contributed by atoms with Gasteiger partial charge in [0.25, 0.3) is 0 Å². The minimum atomic E-state index is -0.713. The van der Waals surface area contributed by atoms with Crippen molar-refractivity contribution in [3.63, 3.8) is 0 Å². The third-order valence-electron chi connectivity index (χ3n) is 3.87. The number of hydrogen-bond acceptors (Lipinski definition) is 2. The van der Waals surface area contributed by atoms with Crippen LogP contribution in [0.4, 0.5) is 4.39 Å². The average Bonchev–Trinajstić information content (AvgIpc) is 2.38. The van der Waals surface area contributed by atoms with Gasteiger partial charge in [-0.05, 0) is 49.4 Å². The van der Waals surface area contributed by atoms with E-state index in [1.165, 1.54) is 24.3 Å². The molecule has 98 valence electrons. The first-order chi connectivity index (χ1) is 8.57. The zero-order valence-corrected chi connectivity index (χ0v) is 10.9. The van der Waals surface area contributed by atoms with Gasteiger partial charge < -0.3 is 4.74 Å². The standard InChI is InChI=1S/C15H19FO2/c1-11-4-3-9-15(10-11,18-2)14(17)12-5-7-13(16)8-6-12/h5-8,11H,3-4,9-10H2,1-2H3. The number of halogens is 1. The lowest BCUT2D eigenvalue weighted by Gasteiger charge is -2.37. The summed E-state index contributed by atoms with van der Waals surface area (Å²) in [5.41, 5.74) is -0.178. The van der Waals surface area contributed by atoms with Crippen molar-refractivity contribution >= 4 is 5.78 Å². The maximum atomic E-state index is 12.9. The summed E-state index contributed by atoms with van der Waals surface area (Å²) in [6.45, 7) is 2.14. The van der Waals surface area contributed by atoms with Gasteiger partial charge in [-0.1, -0.05) is 13.3 Å². The predicted molar refractivity (Wildman–Crippen MR) is 68.1 cm³/mol. The molecule has 0 amide bonds. The molecule has 2 rings (SSSR count). The molecule has 0 radical (unpaired) electrons. The molecule has 0 heterocycles. The Morgan fingerprint density at radius 1 is 1.39 bits per heavy atom. The highest BCUT2D eigenvalue weighted by Crippen LogP contribution is 2.37. The van der Waals surface area contributed by atoms with Crippen molar-refractivity contribution in [3.8, 4) is 0 Å². The van der Waals surface area contributed by atoms with E-state index in [1.54, 1.807) is 7.11 Å². The Morgan fingerprint density at radius 2 is 2.06 bits per heavy atom. The molecule has 0 N–H and O–H groups in total. The number of ether oxygens (including phenoxy) is 1. The maximum Gasteiger partial charge on any atom is 0.194 e. The van der Waals surface area contributed by atoms with Crippen molar-refractivity contribution in [2.75, 3.05) is 7.11 Å². The fourth-order valence-electron chi connectivity index (χ4n) is 2.85. The van der Waals surface area contributed by atoms with E-state index < -0.39 is 5.60 Å². The average molecular weight is 250 g/mol. The highest BCUT2D eigenvalue weighted by atomic mass is 19.1. The van der Waals surface area contributed by atoms with Crippen molar-refractivity contribution in [2.24, 2.45) is 5.92 Å². The van der Waals surface area contributed by atoms with Crippen LogP contribution in [0, 0.1) is 11.7 Å². The second-order valence-corrected chi connectivity index (χ2v) is 5.24. The van der Waals surface area contributed by atoms with E-state index in [-0.39, 0.29) is 11.6 Å². The Morgan fingerprint density at radius 3 is 2.61 bits per heavy atom. The fourth-order valence-corrected chi connectivity index (χ4v) is 2.85. The van der Waals surface area contributed by atoms with Gasteiger partial charge in [0, 0.05) is 12.7 Å². The van der Waals surface area contributed by atoms with Gasteiger partial charge in [0.05, 0.1) is 0 Å². The van der Waals surface area contributed by atoms with Crippen LogP contribution in [-0.2, 0) is 4.74 Å². The molecule has 3 heteroatoms. The molecule has 2 nitrogen and oxygen atoms in total. The minimum absolute atomic E-state index is 0.0171. The molecule has 2 atom stereocenters. The molecule has 0 aliphatic heterocycles. The van der Waals surface area contributed by atoms with E-state index in [9.17, 15) is 9.18 Å². The van der Waals surface area contributed by atoms with Crippen LogP contribution >= 0.6 is 0 Å². The molecule has 1 aliphatic rings. The van der Waals surface area contributed by atoms with Crippen molar-refractivity contribution in [2.45, 2.75) is 38.2 Å². The number of benzene rings is 1. The predicted octanol–water partition coefficient (Wildman–Crippen LogP) is 3.60. The number of hydrogen-bond donors (Lipinski definition) is 0. The van der Waals surface area contributed by atoms with E-state index in [1.807, 2.05) is 0 Å². The SMILES string of the molecule is COC1(C(=O)c2ccc(F)cc2)CCCC(C)C1. The van der Waals surface area contributed by atoms with Crippen LogP contribution in [0.25, 0.3) is 0 Å². The van der Waals surface area contributed by atoms with E-state index in [0.717, 1.165) is 25.7 Å². The molecule has 0 aromatic heterocycles. The Labute approximate surface area is 107 Å². The Kier molecular flexibility index (Phi) is 3.81. The third kappa shape index (κ3) is 2.46. The second kappa shape index (κ2) is 5.19. The van der Waals surface area contributed by atoms with Crippen LogP contribution < -0.4 is 0 Å². The molecule has 1 aromatic rings. The number of carbonyl (C=O) groups is 1. The normalized spacial score (nSPS) is 28.1. The monoisotopic (exact) mass is 250 g/mol. The van der Waals surface area contributed by atoms with Crippen LogP contribution in [0.5, 0.6) is 0 Å². The molecule has 1 saturated carbocycles. The lowest BCUT2D eigenvalue weighted by molar-refractivity contribution is -0.0302. The van der Waals surface area contributed by atoms with Crippen LogP contribution in [0.1, 0.15) is 43.0 Å². The largest absolute Gasteiger partial charge is 0.370 e. The van der Waals surface area contributed by atoms with Crippen LogP contribution in [0.2, 0.25) is 0 Å². The third-order valence-corrected chi connectivity index (χ3v) is 3.87. The minimum Gasteiger partial charge on any atom is -0.370 e. The summed E-state index contributed by atoms with van der Waals surface area (Å²) >= 11 is 0. The first kappa shape index (κ1) is 13.2. The number of carbonyl (C=O) groups excluding carboxylic acids is 1. The highest BCUT2D eigenvalue weighted by Gasteiger charge is 2.42. The first-order valence-corrected chi connectivity index (χ1v) is 6.43. The number of ketones is 1. The van der Waals surface area contributed by atoms with Crippen molar-refractivity contribution in [1.29, 1.82) is 0 Å². The van der Waals surface area contributed by atoms with Crippen molar-refractivity contribution < 1.29 is 13.9 Å². The van der Waals surface area contributed by atoms with Crippen LogP contribution in [0.15, 0.2) is 24.3 Å². The smallest absolute Gasteiger partial charge is 0.194 e. The summed E-state index contributed by atoms with van der Waals surface area (Å²) in [7, 11) is 1.60. The van der Waals surface area contributed by atoms with Crippen molar-refractivity contribution in [3.05, 3.63) is 35.6 Å². The molecule has 18 heavy (non-hydrogen) atoms. The van der Waals surface area contributed by atoms with Gasteiger partial charge in [-0.25, -0.2) is 4.39 Å². The van der Waals surface area contributed by atoms with Crippen LogP contribution in [0.3, 0.4) is 0 Å². The zero-order valence-electron chi connectivity index (χ0n) is 10.9. The van der Waals surface area contributed by atoms with E-state index in [4.69, 9.17) is 4.74 Å². The van der Waals surface area contributed by atoms with Crippen molar-refractivity contribution in [1.82, 2.24) is 0 Å². The lowest BCUT2D eigenvalue weighted by Crippen LogP contribution is -2.44. The molecule has 1 fully saturated rings. The van der Waals surface area contributed by atoms with Crippen LogP contribution in [-0.4, -0.2) is 18.5 Å². The molecular formula is C15H19FO2. The van der Waals surface area contributed by atoms with E-state index in [2.05, 4.69) is 6.92 Å². The quantitative estimate of drug-likeness (QED) is 0.766. The Bertz CT molecular complexity index is 427. The molecular weight excluding hydrogens is 231 g/mol. The molecule has 0 spiro atoms.